The van der Waals surface area contributed by atoms with Gasteiger partial charge in [-0.2, -0.15) is 0 Å². The Labute approximate surface area is 103 Å². The van der Waals surface area contributed by atoms with Gasteiger partial charge in [-0.15, -0.1) is 0 Å². The zero-order valence-corrected chi connectivity index (χ0v) is 10.2. The molecule has 0 saturated carbocycles. The molecule has 1 N–H and O–H groups in total. The Morgan fingerprint density at radius 3 is 2.65 bits per heavy atom. The van der Waals surface area contributed by atoms with Gasteiger partial charge in [-0.25, -0.2) is 0 Å². The van der Waals surface area contributed by atoms with Crippen LogP contribution in [-0.4, -0.2) is 13.1 Å². The smallest absolute Gasteiger partial charge is 0.105 e. The zero-order chi connectivity index (χ0) is 11.9. The van der Waals surface area contributed by atoms with Crippen molar-refractivity contribution in [3.63, 3.8) is 0 Å². The highest BCUT2D eigenvalue weighted by Crippen LogP contribution is 2.12. The standard InChI is InChI=1S/C15H19NO/c1-13(14-6-3-2-4-7-14)12-16-10-9-15-8-5-11-17-15/h2-8,11,13,16H,9-10,12H2,1H3. The van der Waals surface area contributed by atoms with E-state index in [9.17, 15) is 0 Å². The van der Waals surface area contributed by atoms with Crippen molar-refractivity contribution in [2.75, 3.05) is 13.1 Å². The van der Waals surface area contributed by atoms with Gasteiger partial charge in [0.15, 0.2) is 0 Å². The van der Waals surface area contributed by atoms with Crippen molar-refractivity contribution in [1.29, 1.82) is 0 Å². The number of hydrogen-bond donors (Lipinski definition) is 1. The van der Waals surface area contributed by atoms with Crippen LogP contribution < -0.4 is 5.32 Å². The molecule has 1 aromatic carbocycles. The van der Waals surface area contributed by atoms with Crippen LogP contribution >= 0.6 is 0 Å². The molecule has 0 fully saturated rings. The van der Waals surface area contributed by atoms with Crippen LogP contribution in [0.3, 0.4) is 0 Å². The fraction of sp³-hybridized carbons (Fsp3) is 0.333. The van der Waals surface area contributed by atoms with Crippen LogP contribution in [-0.2, 0) is 6.42 Å². The molecule has 1 unspecified atom stereocenters. The minimum absolute atomic E-state index is 0.549. The maximum Gasteiger partial charge on any atom is 0.105 e. The first-order valence-electron chi connectivity index (χ1n) is 6.14. The Kier molecular flexibility index (Phi) is 4.39. The van der Waals surface area contributed by atoms with Crippen LogP contribution in [0.1, 0.15) is 24.2 Å². The van der Waals surface area contributed by atoms with Gasteiger partial charge in [-0.05, 0) is 23.6 Å². The van der Waals surface area contributed by atoms with Gasteiger partial charge >= 0.3 is 0 Å². The first kappa shape index (κ1) is 11.9. The van der Waals surface area contributed by atoms with Gasteiger partial charge in [0, 0.05) is 19.5 Å². The van der Waals surface area contributed by atoms with Crippen LogP contribution in [0.15, 0.2) is 53.1 Å². The SMILES string of the molecule is CC(CNCCc1ccco1)c1ccccc1. The van der Waals surface area contributed by atoms with Crippen molar-refractivity contribution in [2.24, 2.45) is 0 Å². The summed E-state index contributed by atoms with van der Waals surface area (Å²) in [5, 5.41) is 3.46. The fourth-order valence-corrected chi connectivity index (χ4v) is 1.88. The maximum absolute atomic E-state index is 5.29. The molecule has 0 bridgehead atoms. The van der Waals surface area contributed by atoms with Gasteiger partial charge in [0.25, 0.3) is 0 Å². The number of rotatable bonds is 6. The molecule has 0 aliphatic heterocycles. The lowest BCUT2D eigenvalue weighted by atomic mass is 10.0. The largest absolute Gasteiger partial charge is 0.469 e. The molecule has 0 radical (unpaired) electrons. The van der Waals surface area contributed by atoms with E-state index in [1.807, 2.05) is 12.1 Å². The molecule has 90 valence electrons. The Morgan fingerprint density at radius 2 is 1.94 bits per heavy atom. The van der Waals surface area contributed by atoms with E-state index in [-0.39, 0.29) is 0 Å². The van der Waals surface area contributed by atoms with Crippen molar-refractivity contribution in [3.05, 3.63) is 60.1 Å². The Bertz CT molecular complexity index is 408. The Balaban J connectivity index is 1.68. The van der Waals surface area contributed by atoms with Gasteiger partial charge < -0.3 is 9.73 Å². The number of benzene rings is 1. The first-order chi connectivity index (χ1) is 8.36. The van der Waals surface area contributed by atoms with Gasteiger partial charge in [0.2, 0.25) is 0 Å². The average Bonchev–Trinajstić information content (AvgIpc) is 2.88. The lowest BCUT2D eigenvalue weighted by Gasteiger charge is -2.12. The molecular weight excluding hydrogens is 210 g/mol. The van der Waals surface area contributed by atoms with E-state index >= 15 is 0 Å². The number of nitrogens with one attached hydrogen (secondary N) is 1. The lowest BCUT2D eigenvalue weighted by molar-refractivity contribution is 0.495. The second-order valence-corrected chi connectivity index (χ2v) is 4.35. The summed E-state index contributed by atoms with van der Waals surface area (Å²) < 4.78 is 5.29. The molecule has 2 heteroatoms. The molecule has 0 aliphatic rings. The Hall–Kier alpha value is -1.54. The summed E-state index contributed by atoms with van der Waals surface area (Å²) in [5.74, 6) is 1.60. The van der Waals surface area contributed by atoms with E-state index in [0.29, 0.717) is 5.92 Å². The molecule has 1 atom stereocenters. The summed E-state index contributed by atoms with van der Waals surface area (Å²) in [7, 11) is 0. The van der Waals surface area contributed by atoms with Crippen molar-refractivity contribution < 1.29 is 4.42 Å². The lowest BCUT2D eigenvalue weighted by Crippen LogP contribution is -2.22. The monoisotopic (exact) mass is 229 g/mol. The molecule has 2 nitrogen and oxygen atoms in total. The normalized spacial score (nSPS) is 12.5. The molecule has 1 heterocycles. The van der Waals surface area contributed by atoms with E-state index in [1.165, 1.54) is 5.56 Å². The first-order valence-corrected chi connectivity index (χ1v) is 6.14. The maximum atomic E-state index is 5.29. The van der Waals surface area contributed by atoms with E-state index in [0.717, 1.165) is 25.3 Å². The second-order valence-electron chi connectivity index (χ2n) is 4.35. The molecule has 0 spiro atoms. The zero-order valence-electron chi connectivity index (χ0n) is 10.2. The predicted molar refractivity (Wildman–Crippen MR) is 70.1 cm³/mol. The summed E-state index contributed by atoms with van der Waals surface area (Å²) in [6.07, 6.45) is 2.68. The molecule has 17 heavy (non-hydrogen) atoms. The van der Waals surface area contributed by atoms with E-state index in [4.69, 9.17) is 4.42 Å². The van der Waals surface area contributed by atoms with Crippen LogP contribution in [0.25, 0.3) is 0 Å². The third-order valence-corrected chi connectivity index (χ3v) is 2.95. The minimum Gasteiger partial charge on any atom is -0.469 e. The molecule has 0 amide bonds. The third kappa shape index (κ3) is 3.75. The summed E-state index contributed by atoms with van der Waals surface area (Å²) in [5.41, 5.74) is 1.39. The van der Waals surface area contributed by atoms with Gasteiger partial charge in [0.05, 0.1) is 6.26 Å². The average molecular weight is 229 g/mol. The van der Waals surface area contributed by atoms with Crippen molar-refractivity contribution in [3.8, 4) is 0 Å². The van der Waals surface area contributed by atoms with Crippen molar-refractivity contribution in [1.82, 2.24) is 5.32 Å². The summed E-state index contributed by atoms with van der Waals surface area (Å²) in [6, 6.07) is 14.5. The summed E-state index contributed by atoms with van der Waals surface area (Å²) in [4.78, 5) is 0. The summed E-state index contributed by atoms with van der Waals surface area (Å²) in [6.45, 7) is 4.21. The predicted octanol–water partition coefficient (Wildman–Crippen LogP) is 3.22. The molecular formula is C15H19NO. The van der Waals surface area contributed by atoms with Crippen molar-refractivity contribution >= 4 is 0 Å². The molecule has 2 aromatic rings. The number of furan rings is 1. The van der Waals surface area contributed by atoms with Crippen LogP contribution in [0.2, 0.25) is 0 Å². The number of hydrogen-bond acceptors (Lipinski definition) is 2. The molecule has 0 saturated heterocycles. The van der Waals surface area contributed by atoms with Gasteiger partial charge in [-0.3, -0.25) is 0 Å². The van der Waals surface area contributed by atoms with E-state index in [2.05, 4.69) is 42.6 Å². The van der Waals surface area contributed by atoms with Crippen LogP contribution in [0, 0.1) is 0 Å². The van der Waals surface area contributed by atoms with Gasteiger partial charge in [0.1, 0.15) is 5.76 Å². The summed E-state index contributed by atoms with van der Waals surface area (Å²) >= 11 is 0. The highest BCUT2D eigenvalue weighted by Gasteiger charge is 2.03. The second kappa shape index (κ2) is 6.26. The highest BCUT2D eigenvalue weighted by atomic mass is 16.3. The quantitative estimate of drug-likeness (QED) is 0.769. The van der Waals surface area contributed by atoms with Crippen molar-refractivity contribution in [2.45, 2.75) is 19.3 Å². The topological polar surface area (TPSA) is 25.2 Å². The minimum atomic E-state index is 0.549. The molecule has 0 aliphatic carbocycles. The van der Waals surface area contributed by atoms with Crippen LogP contribution in [0.4, 0.5) is 0 Å². The highest BCUT2D eigenvalue weighted by molar-refractivity contribution is 5.18. The molecule has 1 aromatic heterocycles. The van der Waals surface area contributed by atoms with Gasteiger partial charge in [-0.1, -0.05) is 37.3 Å². The van der Waals surface area contributed by atoms with E-state index < -0.39 is 0 Å². The van der Waals surface area contributed by atoms with E-state index in [1.54, 1.807) is 6.26 Å². The molecule has 2 rings (SSSR count). The fourth-order valence-electron chi connectivity index (χ4n) is 1.88. The van der Waals surface area contributed by atoms with Crippen LogP contribution in [0.5, 0.6) is 0 Å². The Morgan fingerprint density at radius 1 is 1.12 bits per heavy atom. The third-order valence-electron chi connectivity index (χ3n) is 2.95.